The van der Waals surface area contributed by atoms with E-state index in [-0.39, 0.29) is 18.1 Å². The number of nitrogens with one attached hydrogen (secondary N) is 1. The average Bonchev–Trinajstić information content (AvgIpc) is 2.40. The van der Waals surface area contributed by atoms with Crippen LogP contribution in [0.15, 0.2) is 24.3 Å². The molecule has 4 heteroatoms. The SMILES string of the molecule is O=C(Cc1ccccc1O)NCC1CCOCC1. The van der Waals surface area contributed by atoms with Crippen molar-refractivity contribution in [3.63, 3.8) is 0 Å². The zero-order valence-corrected chi connectivity index (χ0v) is 10.4. The predicted molar refractivity (Wildman–Crippen MR) is 68.4 cm³/mol. The van der Waals surface area contributed by atoms with E-state index in [9.17, 15) is 9.90 Å². The van der Waals surface area contributed by atoms with Crippen LogP contribution >= 0.6 is 0 Å². The molecule has 1 aromatic rings. The molecule has 0 aliphatic carbocycles. The number of phenolic OH excluding ortho intramolecular Hbond substituents is 1. The Kier molecular flexibility index (Phi) is 4.59. The molecule has 1 aliphatic rings. The summed E-state index contributed by atoms with van der Waals surface area (Å²) in [7, 11) is 0. The number of carbonyl (C=O) groups excluding carboxylic acids is 1. The van der Waals surface area contributed by atoms with Gasteiger partial charge < -0.3 is 15.2 Å². The molecule has 1 saturated heterocycles. The molecule has 0 unspecified atom stereocenters. The van der Waals surface area contributed by atoms with Gasteiger partial charge in [-0.05, 0) is 24.8 Å². The van der Waals surface area contributed by atoms with Crippen LogP contribution in [0.2, 0.25) is 0 Å². The Morgan fingerprint density at radius 1 is 1.33 bits per heavy atom. The lowest BCUT2D eigenvalue weighted by Crippen LogP contribution is -2.33. The van der Waals surface area contributed by atoms with Crippen molar-refractivity contribution in [1.82, 2.24) is 5.32 Å². The van der Waals surface area contributed by atoms with Crippen LogP contribution in [0.3, 0.4) is 0 Å². The second-order valence-electron chi connectivity index (χ2n) is 4.67. The number of ether oxygens (including phenoxy) is 1. The summed E-state index contributed by atoms with van der Waals surface area (Å²) in [4.78, 5) is 11.8. The van der Waals surface area contributed by atoms with E-state index in [1.54, 1.807) is 18.2 Å². The van der Waals surface area contributed by atoms with Crippen LogP contribution in [0.25, 0.3) is 0 Å². The van der Waals surface area contributed by atoms with Crippen molar-refractivity contribution in [2.45, 2.75) is 19.3 Å². The molecule has 18 heavy (non-hydrogen) atoms. The van der Waals surface area contributed by atoms with E-state index in [1.165, 1.54) is 0 Å². The highest BCUT2D eigenvalue weighted by Crippen LogP contribution is 2.16. The van der Waals surface area contributed by atoms with E-state index in [4.69, 9.17) is 4.74 Å². The zero-order chi connectivity index (χ0) is 12.8. The summed E-state index contributed by atoms with van der Waals surface area (Å²) < 4.78 is 5.27. The third kappa shape index (κ3) is 3.74. The molecule has 1 fully saturated rings. The molecule has 1 amide bonds. The van der Waals surface area contributed by atoms with Gasteiger partial charge in [-0.15, -0.1) is 0 Å². The Morgan fingerprint density at radius 3 is 2.78 bits per heavy atom. The normalized spacial score (nSPS) is 16.4. The monoisotopic (exact) mass is 249 g/mol. The smallest absolute Gasteiger partial charge is 0.224 e. The molecule has 0 atom stereocenters. The number of benzene rings is 1. The van der Waals surface area contributed by atoms with Gasteiger partial charge in [-0.25, -0.2) is 0 Å². The average molecular weight is 249 g/mol. The topological polar surface area (TPSA) is 58.6 Å². The van der Waals surface area contributed by atoms with Crippen molar-refractivity contribution >= 4 is 5.91 Å². The molecule has 0 spiro atoms. The first-order valence-corrected chi connectivity index (χ1v) is 6.37. The number of aromatic hydroxyl groups is 1. The third-order valence-corrected chi connectivity index (χ3v) is 3.27. The summed E-state index contributed by atoms with van der Waals surface area (Å²) in [6.45, 7) is 2.29. The molecule has 0 bridgehead atoms. The number of carbonyl (C=O) groups is 1. The van der Waals surface area contributed by atoms with Crippen molar-refractivity contribution in [2.24, 2.45) is 5.92 Å². The fourth-order valence-corrected chi connectivity index (χ4v) is 2.10. The van der Waals surface area contributed by atoms with Crippen LogP contribution < -0.4 is 5.32 Å². The quantitative estimate of drug-likeness (QED) is 0.849. The second kappa shape index (κ2) is 6.40. The highest BCUT2D eigenvalue weighted by molar-refractivity contribution is 5.79. The molecule has 2 N–H and O–H groups in total. The number of hydrogen-bond acceptors (Lipinski definition) is 3. The van der Waals surface area contributed by atoms with Gasteiger partial charge in [0, 0.05) is 25.3 Å². The Morgan fingerprint density at radius 2 is 2.06 bits per heavy atom. The number of amides is 1. The third-order valence-electron chi connectivity index (χ3n) is 3.27. The van der Waals surface area contributed by atoms with Gasteiger partial charge in [0.05, 0.1) is 6.42 Å². The first-order valence-electron chi connectivity index (χ1n) is 6.37. The predicted octanol–water partition coefficient (Wildman–Crippen LogP) is 1.48. The van der Waals surface area contributed by atoms with E-state index in [0.717, 1.165) is 26.1 Å². The maximum atomic E-state index is 11.8. The van der Waals surface area contributed by atoms with Gasteiger partial charge in [0.25, 0.3) is 0 Å². The largest absolute Gasteiger partial charge is 0.508 e. The zero-order valence-electron chi connectivity index (χ0n) is 10.4. The van der Waals surface area contributed by atoms with E-state index < -0.39 is 0 Å². The number of rotatable bonds is 4. The lowest BCUT2D eigenvalue weighted by molar-refractivity contribution is -0.120. The fraction of sp³-hybridized carbons (Fsp3) is 0.500. The molecule has 2 rings (SSSR count). The van der Waals surface area contributed by atoms with Gasteiger partial charge in [0.15, 0.2) is 0 Å². The van der Waals surface area contributed by atoms with Gasteiger partial charge in [0.2, 0.25) is 5.91 Å². The standard InChI is InChI=1S/C14H19NO3/c16-13-4-2-1-3-12(13)9-14(17)15-10-11-5-7-18-8-6-11/h1-4,11,16H,5-10H2,(H,15,17). The van der Waals surface area contributed by atoms with E-state index in [1.807, 2.05) is 6.07 Å². The van der Waals surface area contributed by atoms with Gasteiger partial charge in [-0.1, -0.05) is 18.2 Å². The van der Waals surface area contributed by atoms with E-state index >= 15 is 0 Å². The Balaban J connectivity index is 1.76. The summed E-state index contributed by atoms with van der Waals surface area (Å²) in [5.41, 5.74) is 0.668. The summed E-state index contributed by atoms with van der Waals surface area (Å²) in [6.07, 6.45) is 2.25. The minimum absolute atomic E-state index is 0.0389. The molecular formula is C14H19NO3. The molecular weight excluding hydrogens is 230 g/mol. The van der Waals surface area contributed by atoms with Crippen molar-refractivity contribution < 1.29 is 14.6 Å². The van der Waals surface area contributed by atoms with Crippen molar-refractivity contribution in [3.05, 3.63) is 29.8 Å². The van der Waals surface area contributed by atoms with E-state index in [0.29, 0.717) is 18.0 Å². The van der Waals surface area contributed by atoms with Gasteiger partial charge >= 0.3 is 0 Å². The van der Waals surface area contributed by atoms with Crippen LogP contribution in [0.1, 0.15) is 18.4 Å². The minimum Gasteiger partial charge on any atom is -0.508 e. The Bertz CT molecular complexity index is 400. The van der Waals surface area contributed by atoms with Gasteiger partial charge in [-0.3, -0.25) is 4.79 Å². The van der Waals surface area contributed by atoms with Crippen LogP contribution in [0.4, 0.5) is 0 Å². The molecule has 0 saturated carbocycles. The van der Waals surface area contributed by atoms with Crippen LogP contribution in [-0.2, 0) is 16.0 Å². The second-order valence-corrected chi connectivity index (χ2v) is 4.67. The number of phenols is 1. The highest BCUT2D eigenvalue weighted by atomic mass is 16.5. The first kappa shape index (κ1) is 12.9. The lowest BCUT2D eigenvalue weighted by atomic mass is 10.0. The summed E-state index contributed by atoms with van der Waals surface area (Å²) >= 11 is 0. The molecule has 0 aromatic heterocycles. The van der Waals surface area contributed by atoms with Crippen molar-refractivity contribution in [3.8, 4) is 5.75 Å². The maximum Gasteiger partial charge on any atom is 0.224 e. The fourth-order valence-electron chi connectivity index (χ4n) is 2.10. The van der Waals surface area contributed by atoms with Gasteiger partial charge in [-0.2, -0.15) is 0 Å². The number of para-hydroxylation sites is 1. The van der Waals surface area contributed by atoms with Crippen LogP contribution in [0, 0.1) is 5.92 Å². The van der Waals surface area contributed by atoms with Crippen LogP contribution in [0.5, 0.6) is 5.75 Å². The first-order chi connectivity index (χ1) is 8.75. The maximum absolute atomic E-state index is 11.8. The van der Waals surface area contributed by atoms with Crippen LogP contribution in [-0.4, -0.2) is 30.8 Å². The molecule has 0 radical (unpaired) electrons. The summed E-state index contributed by atoms with van der Waals surface area (Å²) in [5, 5.41) is 12.5. The van der Waals surface area contributed by atoms with Crippen molar-refractivity contribution in [2.75, 3.05) is 19.8 Å². The number of hydrogen-bond donors (Lipinski definition) is 2. The van der Waals surface area contributed by atoms with Crippen molar-refractivity contribution in [1.29, 1.82) is 0 Å². The highest BCUT2D eigenvalue weighted by Gasteiger charge is 2.15. The molecule has 1 aliphatic heterocycles. The molecule has 4 nitrogen and oxygen atoms in total. The van der Waals surface area contributed by atoms with Gasteiger partial charge in [0.1, 0.15) is 5.75 Å². The van der Waals surface area contributed by atoms with E-state index in [2.05, 4.69) is 5.32 Å². The summed E-state index contributed by atoms with van der Waals surface area (Å²) in [5.74, 6) is 0.661. The molecule has 1 heterocycles. The minimum atomic E-state index is -0.0389. The lowest BCUT2D eigenvalue weighted by Gasteiger charge is -2.22. The molecule has 1 aromatic carbocycles. The Labute approximate surface area is 107 Å². The Hall–Kier alpha value is -1.55. The summed E-state index contributed by atoms with van der Waals surface area (Å²) in [6, 6.07) is 6.93. The molecule has 98 valence electrons.